The van der Waals surface area contributed by atoms with Crippen LogP contribution in [0.3, 0.4) is 0 Å². The molecule has 1 aromatic carbocycles. The van der Waals surface area contributed by atoms with Crippen molar-refractivity contribution in [3.63, 3.8) is 0 Å². The van der Waals surface area contributed by atoms with Gasteiger partial charge in [-0.15, -0.1) is 12.6 Å². The van der Waals surface area contributed by atoms with Crippen LogP contribution in [0, 0.1) is 0 Å². The zero-order valence-electron chi connectivity index (χ0n) is 17.4. The van der Waals surface area contributed by atoms with E-state index in [4.69, 9.17) is 5.21 Å². The van der Waals surface area contributed by atoms with Crippen molar-refractivity contribution < 1.29 is 15.1 Å². The van der Waals surface area contributed by atoms with E-state index in [1.165, 1.54) is 0 Å². The molecule has 1 aromatic rings. The van der Waals surface area contributed by atoms with E-state index in [0.717, 1.165) is 36.2 Å². The third kappa shape index (κ3) is 11.5. The van der Waals surface area contributed by atoms with Gasteiger partial charge in [-0.3, -0.25) is 19.9 Å². The van der Waals surface area contributed by atoms with Crippen LogP contribution in [0.4, 0.5) is 0 Å². The summed E-state index contributed by atoms with van der Waals surface area (Å²) in [6.07, 6.45) is 11.8. The van der Waals surface area contributed by atoms with E-state index < -0.39 is 5.91 Å². The maximum atomic E-state index is 11.1. The molecular weight excluding hydrogens is 398 g/mol. The second-order valence-corrected chi connectivity index (χ2v) is 7.22. The van der Waals surface area contributed by atoms with E-state index in [0.29, 0.717) is 11.4 Å². The number of carbonyl (C=O) groups is 1. The lowest BCUT2D eigenvalue weighted by Gasteiger charge is -2.21. The Bertz CT molecular complexity index is 801. The van der Waals surface area contributed by atoms with Crippen LogP contribution in [0.1, 0.15) is 24.0 Å². The van der Waals surface area contributed by atoms with Crippen LogP contribution in [0.2, 0.25) is 0 Å². The molecule has 0 aliphatic carbocycles. The molecule has 30 heavy (non-hydrogen) atoms. The van der Waals surface area contributed by atoms with E-state index in [1.807, 2.05) is 36.4 Å². The number of hydroxylamine groups is 1. The molecule has 0 saturated carbocycles. The zero-order valence-corrected chi connectivity index (χ0v) is 18.3. The van der Waals surface area contributed by atoms with Gasteiger partial charge in [0.15, 0.2) is 0 Å². The third-order valence-corrected chi connectivity index (χ3v) is 4.44. The van der Waals surface area contributed by atoms with Crippen LogP contribution in [-0.4, -0.2) is 54.1 Å². The SMILES string of the molecule is C=C(/C=C\C=NC)CCN(CCO)Cc1cccc(/C=C/C=C(\S)CC(=O)NO)c1. The third-order valence-electron chi connectivity index (χ3n) is 4.13. The van der Waals surface area contributed by atoms with Gasteiger partial charge >= 0.3 is 0 Å². The van der Waals surface area contributed by atoms with Gasteiger partial charge in [-0.1, -0.05) is 60.7 Å². The van der Waals surface area contributed by atoms with Gasteiger partial charge < -0.3 is 5.11 Å². The topological polar surface area (TPSA) is 85.2 Å². The van der Waals surface area contributed by atoms with Crippen LogP contribution in [0.15, 0.2) is 70.6 Å². The van der Waals surface area contributed by atoms with E-state index in [2.05, 4.69) is 41.2 Å². The molecule has 0 bridgehead atoms. The fourth-order valence-electron chi connectivity index (χ4n) is 2.65. The fraction of sp³-hybridized carbons (Fsp3) is 0.304. The molecule has 0 heterocycles. The number of carbonyl (C=O) groups excluding carboxylic acids is 1. The monoisotopic (exact) mass is 429 g/mol. The van der Waals surface area contributed by atoms with Crippen molar-refractivity contribution in [1.29, 1.82) is 0 Å². The Hall–Kier alpha value is -2.45. The summed E-state index contributed by atoms with van der Waals surface area (Å²) in [7, 11) is 1.72. The molecule has 162 valence electrons. The Balaban J connectivity index is 2.69. The number of hydrogen-bond donors (Lipinski definition) is 4. The van der Waals surface area contributed by atoms with Crippen LogP contribution < -0.4 is 5.48 Å². The Morgan fingerprint density at radius 2 is 2.13 bits per heavy atom. The van der Waals surface area contributed by atoms with Gasteiger partial charge in [0.2, 0.25) is 5.91 Å². The maximum absolute atomic E-state index is 11.1. The summed E-state index contributed by atoms with van der Waals surface area (Å²) in [4.78, 5) is 17.7. The van der Waals surface area contributed by atoms with Crippen molar-refractivity contribution in [2.45, 2.75) is 19.4 Å². The quantitative estimate of drug-likeness (QED) is 0.127. The number of nitrogens with zero attached hydrogens (tertiary/aromatic N) is 2. The van der Waals surface area contributed by atoms with Gasteiger partial charge in [0.25, 0.3) is 0 Å². The second-order valence-electron chi connectivity index (χ2n) is 6.65. The Morgan fingerprint density at radius 3 is 2.83 bits per heavy atom. The predicted molar refractivity (Wildman–Crippen MR) is 127 cm³/mol. The van der Waals surface area contributed by atoms with Gasteiger partial charge in [0.05, 0.1) is 13.0 Å². The zero-order chi connectivity index (χ0) is 22.2. The highest BCUT2D eigenvalue weighted by Gasteiger charge is 2.06. The minimum atomic E-state index is -0.507. The van der Waals surface area contributed by atoms with E-state index in [-0.39, 0.29) is 13.0 Å². The van der Waals surface area contributed by atoms with E-state index in [1.54, 1.807) is 24.8 Å². The van der Waals surface area contributed by atoms with Gasteiger partial charge in [-0.25, -0.2) is 5.48 Å². The molecule has 1 amide bonds. The average Bonchev–Trinajstić information content (AvgIpc) is 2.72. The van der Waals surface area contributed by atoms with Crippen LogP contribution in [-0.2, 0) is 11.3 Å². The van der Waals surface area contributed by atoms with Crippen molar-refractivity contribution in [3.05, 3.63) is 76.8 Å². The Kier molecular flexibility index (Phi) is 13.1. The summed E-state index contributed by atoms with van der Waals surface area (Å²) in [5.74, 6) is -0.507. The Labute approximate surface area is 184 Å². The maximum Gasteiger partial charge on any atom is 0.248 e. The fourth-order valence-corrected chi connectivity index (χ4v) is 2.88. The minimum absolute atomic E-state index is 0.0197. The lowest BCUT2D eigenvalue weighted by Crippen LogP contribution is -2.27. The lowest BCUT2D eigenvalue weighted by molar-refractivity contribution is -0.128. The first-order valence-corrected chi connectivity index (χ1v) is 10.1. The average molecular weight is 430 g/mol. The van der Waals surface area contributed by atoms with Crippen molar-refractivity contribution in [2.24, 2.45) is 4.99 Å². The number of benzene rings is 1. The molecule has 1 rings (SSSR count). The number of aliphatic hydroxyl groups is 1. The van der Waals surface area contributed by atoms with Crippen LogP contribution in [0.25, 0.3) is 6.08 Å². The Morgan fingerprint density at radius 1 is 1.33 bits per heavy atom. The minimum Gasteiger partial charge on any atom is -0.395 e. The second kappa shape index (κ2) is 15.4. The molecule has 0 atom stereocenters. The highest BCUT2D eigenvalue weighted by Crippen LogP contribution is 2.13. The molecule has 0 saturated heterocycles. The smallest absolute Gasteiger partial charge is 0.248 e. The number of aliphatic hydroxyl groups excluding tert-OH is 1. The van der Waals surface area contributed by atoms with E-state index in [9.17, 15) is 9.90 Å². The number of nitrogens with one attached hydrogen (secondary N) is 1. The molecule has 0 unspecified atom stereocenters. The van der Waals surface area contributed by atoms with Crippen molar-refractivity contribution in [3.8, 4) is 0 Å². The van der Waals surface area contributed by atoms with Gasteiger partial charge in [-0.2, -0.15) is 0 Å². The summed E-state index contributed by atoms with van der Waals surface area (Å²) in [5.41, 5.74) is 4.75. The van der Waals surface area contributed by atoms with E-state index >= 15 is 0 Å². The number of rotatable bonds is 13. The molecule has 0 radical (unpaired) electrons. The number of thiol groups is 1. The van der Waals surface area contributed by atoms with Crippen molar-refractivity contribution >= 4 is 30.8 Å². The molecule has 7 heteroatoms. The summed E-state index contributed by atoms with van der Waals surface area (Å²) in [6.45, 7) is 6.26. The number of amides is 1. The molecule has 0 spiro atoms. The van der Waals surface area contributed by atoms with Crippen molar-refractivity contribution in [2.75, 3.05) is 26.7 Å². The molecule has 0 aliphatic heterocycles. The van der Waals surface area contributed by atoms with Crippen LogP contribution in [0.5, 0.6) is 0 Å². The summed E-state index contributed by atoms with van der Waals surface area (Å²) < 4.78 is 0. The van der Waals surface area contributed by atoms with Gasteiger partial charge in [0, 0.05) is 32.9 Å². The molecule has 0 fully saturated rings. The highest BCUT2D eigenvalue weighted by atomic mass is 32.1. The largest absolute Gasteiger partial charge is 0.395 e. The first kappa shape index (κ1) is 25.6. The van der Waals surface area contributed by atoms with Gasteiger partial charge in [0.1, 0.15) is 0 Å². The first-order valence-electron chi connectivity index (χ1n) is 9.66. The summed E-state index contributed by atoms with van der Waals surface area (Å²) in [6, 6.07) is 8.12. The molecule has 6 nitrogen and oxygen atoms in total. The van der Waals surface area contributed by atoms with Crippen molar-refractivity contribution in [1.82, 2.24) is 10.4 Å². The molecule has 0 aromatic heterocycles. The first-order chi connectivity index (χ1) is 14.5. The van der Waals surface area contributed by atoms with Gasteiger partial charge in [-0.05, 0) is 28.5 Å². The highest BCUT2D eigenvalue weighted by molar-refractivity contribution is 7.84. The van der Waals surface area contributed by atoms with Crippen LogP contribution >= 0.6 is 12.6 Å². The molecule has 0 aliphatic rings. The summed E-state index contributed by atoms with van der Waals surface area (Å²) in [5, 5.41) is 17.9. The lowest BCUT2D eigenvalue weighted by atomic mass is 10.1. The molecule has 3 N–H and O–H groups in total. The predicted octanol–water partition coefficient (Wildman–Crippen LogP) is 3.41. The standard InChI is InChI=1S/C23H31N3O3S/c1-19(6-5-12-24-2)11-13-26(14-15-27)18-21-9-3-7-20(16-21)8-4-10-22(30)17-23(28)25-29/h3-10,12,16,27,29-30H,1,11,13-15,17-18H2,2H3,(H,25,28)/b6-5-,8-4+,22-10-,24-12?. The normalized spacial score (nSPS) is 12.5. The summed E-state index contributed by atoms with van der Waals surface area (Å²) >= 11 is 4.21. The number of aliphatic imine (C=N–C) groups is 1. The molecular formula is C23H31N3O3S. The number of hydrogen-bond acceptors (Lipinski definition) is 6. The number of allylic oxidation sites excluding steroid dienone is 4.